The van der Waals surface area contributed by atoms with Crippen molar-refractivity contribution >= 4 is 43.5 Å². The van der Waals surface area contributed by atoms with E-state index in [0.29, 0.717) is 4.90 Å². The van der Waals surface area contributed by atoms with E-state index in [1.807, 2.05) is 33.9 Å². The smallest absolute Gasteiger partial charge is 0.414 e. The fourth-order valence-electron chi connectivity index (χ4n) is 2.88. The SMILES string of the molecule is CN(C(=O)[C@@H]1[C@H](O[Si](C)(C)C(C)(C)C)CC(=O)N1C(=O)O)c1ccc(F)c(Cl)c1. The molecule has 160 valence electrons. The molecule has 10 heteroatoms. The number of rotatable bonds is 4. The average molecular weight is 445 g/mol. The molecule has 0 radical (unpaired) electrons. The lowest BCUT2D eigenvalue weighted by Gasteiger charge is -2.40. The molecular formula is C19H26ClFN2O5Si. The summed E-state index contributed by atoms with van der Waals surface area (Å²) in [4.78, 5) is 39.0. The predicted octanol–water partition coefficient (Wildman–Crippen LogP) is 4.11. The summed E-state index contributed by atoms with van der Waals surface area (Å²) in [5, 5.41) is 9.16. The number of hydrogen-bond donors (Lipinski definition) is 1. The van der Waals surface area contributed by atoms with Gasteiger partial charge in [0.15, 0.2) is 8.32 Å². The molecule has 1 heterocycles. The van der Waals surface area contributed by atoms with Crippen molar-refractivity contribution in [1.82, 2.24) is 4.90 Å². The maximum absolute atomic E-state index is 13.5. The van der Waals surface area contributed by atoms with Crippen LogP contribution in [0.2, 0.25) is 23.2 Å². The Kier molecular flexibility index (Phi) is 6.46. The van der Waals surface area contributed by atoms with Crippen molar-refractivity contribution in [3.05, 3.63) is 29.0 Å². The van der Waals surface area contributed by atoms with Gasteiger partial charge in [0.25, 0.3) is 5.91 Å². The lowest BCUT2D eigenvalue weighted by atomic mass is 10.1. The van der Waals surface area contributed by atoms with E-state index in [1.165, 1.54) is 19.2 Å². The summed E-state index contributed by atoms with van der Waals surface area (Å²) in [5.74, 6) is -1.98. The first-order valence-electron chi connectivity index (χ1n) is 9.13. The maximum atomic E-state index is 13.5. The molecule has 1 N–H and O–H groups in total. The van der Waals surface area contributed by atoms with Crippen LogP contribution < -0.4 is 4.90 Å². The molecule has 1 aliphatic heterocycles. The maximum Gasteiger partial charge on any atom is 0.414 e. The second-order valence-corrected chi connectivity index (χ2v) is 13.8. The molecule has 2 atom stereocenters. The minimum Gasteiger partial charge on any atom is -0.465 e. The van der Waals surface area contributed by atoms with Gasteiger partial charge in [-0.05, 0) is 36.3 Å². The summed E-state index contributed by atoms with van der Waals surface area (Å²) in [7, 11) is -0.980. The molecule has 3 amide bonds. The lowest BCUT2D eigenvalue weighted by molar-refractivity contribution is -0.132. The molecule has 0 saturated carbocycles. The van der Waals surface area contributed by atoms with Gasteiger partial charge in [0.05, 0.1) is 17.5 Å². The summed E-state index contributed by atoms with van der Waals surface area (Å²) < 4.78 is 19.7. The summed E-state index contributed by atoms with van der Waals surface area (Å²) in [6, 6.07) is 2.40. The van der Waals surface area contributed by atoms with E-state index in [-0.39, 0.29) is 22.2 Å². The van der Waals surface area contributed by atoms with E-state index in [9.17, 15) is 23.9 Å². The molecule has 1 aliphatic rings. The highest BCUT2D eigenvalue weighted by Crippen LogP contribution is 2.40. The minimum absolute atomic E-state index is 0.172. The lowest BCUT2D eigenvalue weighted by Crippen LogP contribution is -2.55. The van der Waals surface area contributed by atoms with Gasteiger partial charge < -0.3 is 14.4 Å². The van der Waals surface area contributed by atoms with Gasteiger partial charge >= 0.3 is 6.09 Å². The molecule has 0 unspecified atom stereocenters. The summed E-state index contributed by atoms with van der Waals surface area (Å²) in [6.07, 6.45) is -2.61. The summed E-state index contributed by atoms with van der Waals surface area (Å²) >= 11 is 5.80. The highest BCUT2D eigenvalue weighted by Gasteiger charge is 2.52. The first kappa shape index (κ1) is 23.3. The van der Waals surface area contributed by atoms with Crippen molar-refractivity contribution in [2.75, 3.05) is 11.9 Å². The molecule has 0 bridgehead atoms. The minimum atomic E-state index is -2.40. The Morgan fingerprint density at radius 2 is 1.93 bits per heavy atom. The molecule has 2 rings (SSSR count). The fourth-order valence-corrected chi connectivity index (χ4v) is 4.38. The van der Waals surface area contributed by atoms with Crippen molar-refractivity contribution in [2.24, 2.45) is 0 Å². The summed E-state index contributed by atoms with van der Waals surface area (Å²) in [6.45, 7) is 9.95. The van der Waals surface area contributed by atoms with Crippen LogP contribution in [0.1, 0.15) is 27.2 Å². The van der Waals surface area contributed by atoms with Crippen LogP contribution in [0.3, 0.4) is 0 Å². The molecule has 0 aromatic heterocycles. The first-order valence-corrected chi connectivity index (χ1v) is 12.4. The van der Waals surface area contributed by atoms with E-state index in [0.717, 1.165) is 11.0 Å². The Balaban J connectivity index is 2.41. The number of carboxylic acid groups (broad SMARTS) is 1. The Labute approximate surface area is 175 Å². The quantitative estimate of drug-likeness (QED) is 0.706. The molecule has 7 nitrogen and oxygen atoms in total. The van der Waals surface area contributed by atoms with E-state index in [2.05, 4.69) is 0 Å². The first-order chi connectivity index (χ1) is 13.2. The number of hydrogen-bond acceptors (Lipinski definition) is 4. The third kappa shape index (κ3) is 4.62. The number of nitrogens with zero attached hydrogens (tertiary/aromatic N) is 2. The number of halogens is 2. The van der Waals surface area contributed by atoms with Gasteiger partial charge in [-0.2, -0.15) is 0 Å². The molecule has 1 aromatic carbocycles. The number of likely N-dealkylation sites (N-methyl/N-ethyl adjacent to an activating group) is 1. The zero-order chi connectivity index (χ0) is 22.3. The van der Waals surface area contributed by atoms with E-state index >= 15 is 0 Å². The van der Waals surface area contributed by atoms with Crippen LogP contribution in [0.4, 0.5) is 14.9 Å². The summed E-state index contributed by atoms with van der Waals surface area (Å²) in [5.41, 5.74) is 0.275. The van der Waals surface area contributed by atoms with E-state index in [4.69, 9.17) is 16.0 Å². The largest absolute Gasteiger partial charge is 0.465 e. The molecular weight excluding hydrogens is 419 g/mol. The van der Waals surface area contributed by atoms with Gasteiger partial charge in [-0.15, -0.1) is 0 Å². The van der Waals surface area contributed by atoms with Gasteiger partial charge in [-0.1, -0.05) is 32.4 Å². The third-order valence-corrected chi connectivity index (χ3v) is 10.4. The van der Waals surface area contributed by atoms with Crippen molar-refractivity contribution in [3.8, 4) is 0 Å². The number of imide groups is 1. The van der Waals surface area contributed by atoms with Crippen LogP contribution in [0.5, 0.6) is 0 Å². The highest BCUT2D eigenvalue weighted by molar-refractivity contribution is 6.74. The fraction of sp³-hybridized carbons (Fsp3) is 0.526. The average Bonchev–Trinajstić information content (AvgIpc) is 2.90. The second-order valence-electron chi connectivity index (χ2n) is 8.61. The van der Waals surface area contributed by atoms with Gasteiger partial charge in [-0.25, -0.2) is 14.1 Å². The normalized spacial score (nSPS) is 20.1. The number of amides is 3. The Bertz CT molecular complexity index is 842. The number of benzene rings is 1. The van der Waals surface area contributed by atoms with Crippen LogP contribution in [-0.4, -0.2) is 55.4 Å². The van der Waals surface area contributed by atoms with Crippen LogP contribution >= 0.6 is 11.6 Å². The van der Waals surface area contributed by atoms with Crippen molar-refractivity contribution in [1.29, 1.82) is 0 Å². The molecule has 0 spiro atoms. The zero-order valence-corrected chi connectivity index (χ0v) is 19.1. The van der Waals surface area contributed by atoms with Crippen LogP contribution in [0.15, 0.2) is 18.2 Å². The van der Waals surface area contributed by atoms with E-state index in [1.54, 1.807) is 0 Å². The van der Waals surface area contributed by atoms with Gasteiger partial charge in [0, 0.05) is 12.7 Å². The molecule has 1 saturated heterocycles. The molecule has 0 aliphatic carbocycles. The Hall–Kier alpha value is -1.97. The third-order valence-electron chi connectivity index (χ3n) is 5.61. The topological polar surface area (TPSA) is 87.2 Å². The van der Waals surface area contributed by atoms with Gasteiger partial charge in [-0.3, -0.25) is 9.59 Å². The standard InChI is InChI=1S/C19H26ClFN2O5Si/c1-19(2,3)29(5,6)28-14-10-15(24)23(18(26)27)16(14)17(25)22(4)11-7-8-13(21)12(20)9-11/h7-9,14,16H,10H2,1-6H3,(H,26,27)/t14-,16+/m1/s1. The molecule has 1 aromatic rings. The van der Waals surface area contributed by atoms with Gasteiger partial charge in [0.1, 0.15) is 11.9 Å². The second kappa shape index (κ2) is 8.04. The number of carbonyl (C=O) groups excluding carboxylic acids is 2. The van der Waals surface area contributed by atoms with E-state index < -0.39 is 44.2 Å². The monoisotopic (exact) mass is 444 g/mol. The van der Waals surface area contributed by atoms with Crippen LogP contribution in [-0.2, 0) is 14.0 Å². The predicted molar refractivity (Wildman–Crippen MR) is 110 cm³/mol. The Morgan fingerprint density at radius 3 is 2.41 bits per heavy atom. The number of anilines is 1. The number of likely N-dealkylation sites (tertiary alicyclic amines) is 1. The molecule has 1 fully saturated rings. The van der Waals surface area contributed by atoms with Crippen molar-refractivity contribution in [2.45, 2.75) is 57.5 Å². The highest BCUT2D eigenvalue weighted by atomic mass is 35.5. The Morgan fingerprint density at radius 1 is 1.34 bits per heavy atom. The van der Waals surface area contributed by atoms with Gasteiger partial charge in [0.2, 0.25) is 5.91 Å². The van der Waals surface area contributed by atoms with Crippen LogP contribution in [0.25, 0.3) is 0 Å². The van der Waals surface area contributed by atoms with Crippen molar-refractivity contribution in [3.63, 3.8) is 0 Å². The molecule has 29 heavy (non-hydrogen) atoms. The number of carbonyl (C=O) groups is 3. The van der Waals surface area contributed by atoms with Crippen LogP contribution in [0, 0.1) is 5.82 Å². The van der Waals surface area contributed by atoms with Crippen molar-refractivity contribution < 1.29 is 28.3 Å². The zero-order valence-electron chi connectivity index (χ0n) is 17.3.